The molecule has 0 radical (unpaired) electrons. The van der Waals surface area contributed by atoms with Crippen molar-refractivity contribution in [2.45, 2.75) is 0 Å². The predicted molar refractivity (Wildman–Crippen MR) is 227 cm³/mol. The predicted octanol–water partition coefficient (Wildman–Crippen LogP) is 13.7. The van der Waals surface area contributed by atoms with Gasteiger partial charge in [-0.25, -0.2) is 9.69 Å². The lowest BCUT2D eigenvalue weighted by Gasteiger charge is -2.14. The molecule has 3 aromatic heterocycles. The smallest absolute Gasteiger partial charge is 0.196 e. The summed E-state index contributed by atoms with van der Waals surface area (Å²) in [4.78, 5) is 7.83. The number of para-hydroxylation sites is 4. The summed E-state index contributed by atoms with van der Waals surface area (Å²) in [6.45, 7) is 16.0. The minimum atomic E-state index is 0.594. The Morgan fingerprint density at radius 2 is 0.818 bits per heavy atom. The molecule has 11 aromatic rings. The number of rotatable bonds is 4. The first-order valence-electron chi connectivity index (χ1n) is 18.3. The van der Waals surface area contributed by atoms with Crippen molar-refractivity contribution in [2.24, 2.45) is 0 Å². The molecule has 0 aliphatic rings. The Balaban J connectivity index is 1.09. The highest BCUT2D eigenvalue weighted by Crippen LogP contribution is 2.41. The van der Waals surface area contributed by atoms with Crippen LogP contribution in [0.4, 0.5) is 11.4 Å². The van der Waals surface area contributed by atoms with Crippen LogP contribution in [0, 0.1) is 13.1 Å². The number of hydrogen-bond donors (Lipinski definition) is 0. The van der Waals surface area contributed by atoms with Crippen molar-refractivity contribution in [3.63, 3.8) is 0 Å². The van der Waals surface area contributed by atoms with E-state index in [1.54, 1.807) is 0 Å². The number of benzene rings is 8. The van der Waals surface area contributed by atoms with Gasteiger partial charge in [0.2, 0.25) is 0 Å². The quantitative estimate of drug-likeness (QED) is 0.163. The third-order valence-corrected chi connectivity index (χ3v) is 11.1. The third kappa shape index (κ3) is 4.51. The fourth-order valence-corrected chi connectivity index (χ4v) is 8.69. The molecular formula is C50H29N5. The summed E-state index contributed by atoms with van der Waals surface area (Å²) in [7, 11) is 0. The summed E-state index contributed by atoms with van der Waals surface area (Å²) >= 11 is 0. The van der Waals surface area contributed by atoms with E-state index in [1.807, 2.05) is 18.2 Å². The van der Waals surface area contributed by atoms with Gasteiger partial charge < -0.3 is 13.7 Å². The zero-order valence-electron chi connectivity index (χ0n) is 29.5. The number of fused-ring (bicyclic) bond motifs is 9. The van der Waals surface area contributed by atoms with Crippen LogP contribution in [0.15, 0.2) is 176 Å². The number of nitrogens with zero attached hydrogens (tertiary/aromatic N) is 5. The van der Waals surface area contributed by atoms with Crippen LogP contribution in [0.3, 0.4) is 0 Å². The molecule has 11 rings (SSSR count). The molecule has 0 fully saturated rings. The zero-order chi connectivity index (χ0) is 36.6. The first-order chi connectivity index (χ1) is 27.2. The molecule has 5 nitrogen and oxygen atoms in total. The van der Waals surface area contributed by atoms with Crippen LogP contribution in [-0.4, -0.2) is 13.7 Å². The first kappa shape index (κ1) is 30.7. The molecule has 254 valence electrons. The Hall–Kier alpha value is -7.86. The molecule has 0 aliphatic carbocycles. The minimum Gasteiger partial charge on any atom is -0.310 e. The van der Waals surface area contributed by atoms with Crippen molar-refractivity contribution < 1.29 is 0 Å². The normalized spacial score (nSPS) is 11.6. The van der Waals surface area contributed by atoms with Crippen LogP contribution in [-0.2, 0) is 0 Å². The van der Waals surface area contributed by atoms with Gasteiger partial charge in [0.1, 0.15) is 0 Å². The van der Waals surface area contributed by atoms with Crippen molar-refractivity contribution in [3.05, 3.63) is 199 Å². The highest BCUT2D eigenvalue weighted by atomic mass is 15.0. The van der Waals surface area contributed by atoms with Crippen molar-refractivity contribution in [1.29, 1.82) is 0 Å². The number of aromatic nitrogens is 3. The second-order valence-electron chi connectivity index (χ2n) is 14.0. The Morgan fingerprint density at radius 1 is 0.327 bits per heavy atom. The molecule has 0 saturated carbocycles. The average Bonchev–Trinajstić information content (AvgIpc) is 3.88. The van der Waals surface area contributed by atoms with E-state index >= 15 is 0 Å². The Kier molecular flexibility index (Phi) is 6.61. The van der Waals surface area contributed by atoms with Gasteiger partial charge in [-0.3, -0.25) is 0 Å². The Bertz CT molecular complexity index is 3420. The van der Waals surface area contributed by atoms with Crippen LogP contribution in [0.1, 0.15) is 0 Å². The SMILES string of the molecule is [C-]#[N+]c1ccc2c(c1)c1ccccc1n2-c1ccc2c3ccccc3n(-c3ccc(-c4cccc(-n5c6ccccc6c6ccccc65)c4)c([N+]#[C-])c3)c2c1. The van der Waals surface area contributed by atoms with Crippen LogP contribution in [0.5, 0.6) is 0 Å². The molecule has 5 heteroatoms. The lowest BCUT2D eigenvalue weighted by Crippen LogP contribution is -1.97. The summed E-state index contributed by atoms with van der Waals surface area (Å²) in [5, 5.41) is 6.91. The average molecular weight is 700 g/mol. The second-order valence-corrected chi connectivity index (χ2v) is 14.0. The first-order valence-corrected chi connectivity index (χ1v) is 18.3. The molecule has 8 aromatic carbocycles. The molecular weight excluding hydrogens is 671 g/mol. The summed E-state index contributed by atoms with van der Waals surface area (Å²) < 4.78 is 6.89. The third-order valence-electron chi connectivity index (χ3n) is 11.1. The van der Waals surface area contributed by atoms with Gasteiger partial charge in [-0.15, -0.1) is 0 Å². The van der Waals surface area contributed by atoms with Gasteiger partial charge in [0.05, 0.1) is 46.2 Å². The van der Waals surface area contributed by atoms with E-state index in [0.717, 1.165) is 82.8 Å². The van der Waals surface area contributed by atoms with E-state index in [1.165, 1.54) is 10.8 Å². The molecule has 0 atom stereocenters. The van der Waals surface area contributed by atoms with Crippen molar-refractivity contribution in [1.82, 2.24) is 13.7 Å². The van der Waals surface area contributed by atoms with Crippen molar-refractivity contribution in [2.75, 3.05) is 0 Å². The zero-order valence-corrected chi connectivity index (χ0v) is 29.5. The van der Waals surface area contributed by atoms with Crippen LogP contribution in [0.25, 0.3) is 103 Å². The van der Waals surface area contributed by atoms with Crippen LogP contribution < -0.4 is 0 Å². The fourth-order valence-electron chi connectivity index (χ4n) is 8.69. The van der Waals surface area contributed by atoms with Gasteiger partial charge >= 0.3 is 0 Å². The van der Waals surface area contributed by atoms with E-state index in [4.69, 9.17) is 13.1 Å². The minimum absolute atomic E-state index is 0.594. The van der Waals surface area contributed by atoms with E-state index in [-0.39, 0.29) is 0 Å². The monoisotopic (exact) mass is 699 g/mol. The molecule has 55 heavy (non-hydrogen) atoms. The molecule has 0 saturated heterocycles. The van der Waals surface area contributed by atoms with Gasteiger partial charge in [-0.05, 0) is 89.3 Å². The van der Waals surface area contributed by atoms with Gasteiger partial charge in [0.25, 0.3) is 0 Å². The fraction of sp³-hybridized carbons (Fsp3) is 0. The summed E-state index contributed by atoms with van der Waals surface area (Å²) in [6.07, 6.45) is 0. The maximum Gasteiger partial charge on any atom is 0.196 e. The maximum absolute atomic E-state index is 8.39. The topological polar surface area (TPSA) is 23.5 Å². The Morgan fingerprint density at radius 3 is 1.42 bits per heavy atom. The van der Waals surface area contributed by atoms with E-state index in [0.29, 0.717) is 11.4 Å². The van der Waals surface area contributed by atoms with E-state index in [2.05, 4.69) is 181 Å². The standard InChI is InChI=1S/C50H29N5/c1-51-33-22-27-49-43(29-33)41-17-6-10-21-48(41)54(49)36-24-26-42-40-16-5-9-20-47(40)55(50(42)31-36)35-23-25-37(44(30-35)52-2)32-12-11-13-34(28-32)53-45-18-7-3-14-38(45)39-15-4-8-19-46(39)53/h3-31H. The van der Waals surface area contributed by atoms with Gasteiger partial charge in [0.15, 0.2) is 11.4 Å². The maximum atomic E-state index is 8.39. The van der Waals surface area contributed by atoms with Crippen LogP contribution >= 0.6 is 0 Å². The summed E-state index contributed by atoms with van der Waals surface area (Å²) in [5.74, 6) is 0. The van der Waals surface area contributed by atoms with E-state index in [9.17, 15) is 0 Å². The van der Waals surface area contributed by atoms with E-state index < -0.39 is 0 Å². The molecule has 0 spiro atoms. The lowest BCUT2D eigenvalue weighted by molar-refractivity contribution is 1.16. The molecule has 0 amide bonds. The summed E-state index contributed by atoms with van der Waals surface area (Å²) in [6, 6.07) is 61.3. The Labute approximate surface area is 316 Å². The molecule has 0 bridgehead atoms. The summed E-state index contributed by atoms with van der Waals surface area (Å²) in [5.41, 5.74) is 12.7. The molecule has 0 unspecified atom stereocenters. The number of hydrogen-bond acceptors (Lipinski definition) is 0. The largest absolute Gasteiger partial charge is 0.310 e. The van der Waals surface area contributed by atoms with Gasteiger partial charge in [-0.1, -0.05) is 103 Å². The van der Waals surface area contributed by atoms with Gasteiger partial charge in [0, 0.05) is 44.0 Å². The molecule has 3 heterocycles. The highest BCUT2D eigenvalue weighted by molar-refractivity contribution is 6.13. The van der Waals surface area contributed by atoms with Crippen LogP contribution in [0.2, 0.25) is 0 Å². The molecule has 0 aliphatic heterocycles. The lowest BCUT2D eigenvalue weighted by atomic mass is 10.0. The highest BCUT2D eigenvalue weighted by Gasteiger charge is 2.19. The van der Waals surface area contributed by atoms with Crippen molar-refractivity contribution in [3.8, 4) is 28.2 Å². The van der Waals surface area contributed by atoms with Crippen molar-refractivity contribution >= 4 is 76.8 Å². The van der Waals surface area contributed by atoms with Gasteiger partial charge in [-0.2, -0.15) is 0 Å². The molecule has 0 N–H and O–H groups in total. The second kappa shape index (κ2) is 11.8.